The molecule has 0 amide bonds. The summed E-state index contributed by atoms with van der Waals surface area (Å²) >= 11 is 0. The van der Waals surface area contributed by atoms with Gasteiger partial charge in [-0.2, -0.15) is 0 Å². The lowest BCUT2D eigenvalue weighted by Gasteiger charge is -2.10. The van der Waals surface area contributed by atoms with E-state index in [2.05, 4.69) is 5.32 Å². The lowest BCUT2D eigenvalue weighted by molar-refractivity contribution is -0.383. The molecule has 0 saturated heterocycles. The number of nitro groups is 1. The van der Waals surface area contributed by atoms with Crippen molar-refractivity contribution < 1.29 is 14.4 Å². The van der Waals surface area contributed by atoms with Gasteiger partial charge in [-0.05, 0) is 44.2 Å². The Morgan fingerprint density at radius 3 is 2.18 bits per heavy atom. The van der Waals surface area contributed by atoms with Gasteiger partial charge in [0, 0.05) is 17.8 Å². The van der Waals surface area contributed by atoms with E-state index in [9.17, 15) is 10.1 Å². The second-order valence-electron chi connectivity index (χ2n) is 4.45. The van der Waals surface area contributed by atoms with Crippen molar-refractivity contribution in [3.8, 4) is 11.5 Å². The summed E-state index contributed by atoms with van der Waals surface area (Å²) < 4.78 is 10.8. The molecule has 0 heterocycles. The number of anilines is 2. The molecule has 2 aromatic rings. The van der Waals surface area contributed by atoms with Crippen molar-refractivity contribution in [3.63, 3.8) is 0 Å². The first-order valence-electron chi connectivity index (χ1n) is 7.05. The zero-order valence-corrected chi connectivity index (χ0v) is 12.5. The molecule has 0 aliphatic carbocycles. The molecule has 0 aliphatic heterocycles. The molecule has 0 aliphatic rings. The summed E-state index contributed by atoms with van der Waals surface area (Å²) in [7, 11) is 0. The molecule has 0 fully saturated rings. The summed E-state index contributed by atoms with van der Waals surface area (Å²) in [5.41, 5.74) is 1.12. The van der Waals surface area contributed by atoms with E-state index in [-0.39, 0.29) is 5.69 Å². The molecule has 116 valence electrons. The van der Waals surface area contributed by atoms with E-state index in [1.807, 2.05) is 38.1 Å². The molecule has 0 saturated carbocycles. The molecule has 0 radical (unpaired) electrons. The van der Waals surface area contributed by atoms with Crippen LogP contribution in [0.4, 0.5) is 17.1 Å². The molecule has 1 N–H and O–H groups in total. The molecule has 2 rings (SSSR count). The van der Waals surface area contributed by atoms with Gasteiger partial charge in [-0.3, -0.25) is 10.1 Å². The number of ether oxygens (including phenoxy) is 2. The third kappa shape index (κ3) is 3.88. The fraction of sp³-hybridized carbons (Fsp3) is 0.250. The number of nitrogens with one attached hydrogen (secondary N) is 1. The second kappa shape index (κ2) is 7.31. The molecule has 6 nitrogen and oxygen atoms in total. The Kier molecular flexibility index (Phi) is 5.19. The van der Waals surface area contributed by atoms with Gasteiger partial charge < -0.3 is 14.8 Å². The van der Waals surface area contributed by atoms with Crippen molar-refractivity contribution in [2.75, 3.05) is 18.5 Å². The van der Waals surface area contributed by atoms with Gasteiger partial charge in [0.05, 0.1) is 18.1 Å². The first-order valence-corrected chi connectivity index (χ1v) is 7.05. The molecule has 6 heteroatoms. The van der Waals surface area contributed by atoms with Gasteiger partial charge in [-0.1, -0.05) is 0 Å². The van der Waals surface area contributed by atoms with Gasteiger partial charge in [-0.25, -0.2) is 0 Å². The van der Waals surface area contributed by atoms with Gasteiger partial charge in [0.25, 0.3) is 5.69 Å². The second-order valence-corrected chi connectivity index (χ2v) is 4.45. The fourth-order valence-electron chi connectivity index (χ4n) is 1.99. The highest BCUT2D eigenvalue weighted by atomic mass is 16.6. The molecule has 0 bridgehead atoms. The molecular formula is C16H18N2O4. The smallest absolute Gasteiger partial charge is 0.292 e. The lowest BCUT2D eigenvalue weighted by Crippen LogP contribution is -1.99. The van der Waals surface area contributed by atoms with E-state index >= 15 is 0 Å². The van der Waals surface area contributed by atoms with Crippen molar-refractivity contribution in [3.05, 3.63) is 52.6 Å². The number of hydrogen-bond acceptors (Lipinski definition) is 5. The third-order valence-corrected chi connectivity index (χ3v) is 2.92. The van der Waals surface area contributed by atoms with Crippen LogP contribution >= 0.6 is 0 Å². The average Bonchev–Trinajstić information content (AvgIpc) is 2.50. The van der Waals surface area contributed by atoms with Crippen LogP contribution in [0.3, 0.4) is 0 Å². The van der Waals surface area contributed by atoms with Gasteiger partial charge in [0.1, 0.15) is 17.2 Å². The maximum Gasteiger partial charge on any atom is 0.292 e. The van der Waals surface area contributed by atoms with E-state index in [0.717, 1.165) is 11.4 Å². The highest BCUT2D eigenvalue weighted by Gasteiger charge is 2.15. The zero-order chi connectivity index (χ0) is 15.9. The minimum absolute atomic E-state index is 0.00247. The van der Waals surface area contributed by atoms with Crippen LogP contribution in [0.1, 0.15) is 13.8 Å². The summed E-state index contributed by atoms with van der Waals surface area (Å²) in [6.45, 7) is 4.87. The van der Waals surface area contributed by atoms with Crippen LogP contribution in [0.2, 0.25) is 0 Å². The molecule has 0 atom stereocenters. The van der Waals surface area contributed by atoms with Crippen molar-refractivity contribution in [2.24, 2.45) is 0 Å². The highest BCUT2D eigenvalue weighted by Crippen LogP contribution is 2.32. The normalized spacial score (nSPS) is 10.1. The number of nitro benzene ring substituents is 1. The maximum atomic E-state index is 11.1. The molecule has 22 heavy (non-hydrogen) atoms. The highest BCUT2D eigenvalue weighted by molar-refractivity contribution is 5.71. The van der Waals surface area contributed by atoms with E-state index in [1.165, 1.54) is 6.07 Å². The standard InChI is InChI=1S/C16H18N2O4/c1-3-21-13-7-5-12(6-8-13)17-15-11-14(22-4-2)9-10-16(15)18(19)20/h5-11,17H,3-4H2,1-2H3. The van der Waals surface area contributed by atoms with Gasteiger partial charge in [0.15, 0.2) is 0 Å². The van der Waals surface area contributed by atoms with Crippen LogP contribution in [-0.2, 0) is 0 Å². The van der Waals surface area contributed by atoms with Crippen LogP contribution in [0, 0.1) is 10.1 Å². The van der Waals surface area contributed by atoms with Gasteiger partial charge >= 0.3 is 0 Å². The summed E-state index contributed by atoms with van der Waals surface area (Å²) in [6, 6.07) is 11.9. The number of nitrogens with zero attached hydrogens (tertiary/aromatic N) is 1. The van der Waals surface area contributed by atoms with Crippen LogP contribution in [-0.4, -0.2) is 18.1 Å². The number of rotatable bonds is 7. The monoisotopic (exact) mass is 302 g/mol. The zero-order valence-electron chi connectivity index (χ0n) is 12.5. The maximum absolute atomic E-state index is 11.1. The fourth-order valence-corrected chi connectivity index (χ4v) is 1.99. The summed E-state index contributed by atoms with van der Waals surface area (Å²) in [6.07, 6.45) is 0. The lowest BCUT2D eigenvalue weighted by atomic mass is 10.2. The Morgan fingerprint density at radius 2 is 1.59 bits per heavy atom. The van der Waals surface area contributed by atoms with Crippen molar-refractivity contribution in [1.82, 2.24) is 0 Å². The Morgan fingerprint density at radius 1 is 1.00 bits per heavy atom. The SMILES string of the molecule is CCOc1ccc(Nc2cc(OCC)ccc2[N+](=O)[O-])cc1. The predicted octanol–water partition coefficient (Wildman–Crippen LogP) is 4.14. The van der Waals surface area contributed by atoms with Crippen molar-refractivity contribution in [1.29, 1.82) is 0 Å². The van der Waals surface area contributed by atoms with Crippen LogP contribution < -0.4 is 14.8 Å². The van der Waals surface area contributed by atoms with Crippen LogP contribution in [0.15, 0.2) is 42.5 Å². The number of hydrogen-bond donors (Lipinski definition) is 1. The molecule has 0 spiro atoms. The Balaban J connectivity index is 2.25. The first-order chi connectivity index (χ1) is 10.6. The Labute approximate surface area is 128 Å². The molecule has 0 unspecified atom stereocenters. The van der Waals surface area contributed by atoms with Gasteiger partial charge in [0.2, 0.25) is 0 Å². The summed E-state index contributed by atoms with van der Waals surface area (Å²) in [4.78, 5) is 10.7. The van der Waals surface area contributed by atoms with E-state index < -0.39 is 4.92 Å². The minimum atomic E-state index is -0.424. The Bertz CT molecular complexity index is 641. The molecular weight excluding hydrogens is 284 g/mol. The predicted molar refractivity (Wildman–Crippen MR) is 85.2 cm³/mol. The van der Waals surface area contributed by atoms with Crippen LogP contribution in [0.5, 0.6) is 11.5 Å². The quantitative estimate of drug-likeness (QED) is 0.614. The molecule has 0 aromatic heterocycles. The van der Waals surface area contributed by atoms with E-state index in [4.69, 9.17) is 9.47 Å². The van der Waals surface area contributed by atoms with Gasteiger partial charge in [-0.15, -0.1) is 0 Å². The summed E-state index contributed by atoms with van der Waals surface area (Å²) in [5, 5.41) is 14.2. The largest absolute Gasteiger partial charge is 0.494 e. The molecule has 2 aromatic carbocycles. The van der Waals surface area contributed by atoms with E-state index in [0.29, 0.717) is 24.7 Å². The number of benzene rings is 2. The van der Waals surface area contributed by atoms with Crippen LogP contribution in [0.25, 0.3) is 0 Å². The van der Waals surface area contributed by atoms with E-state index in [1.54, 1.807) is 12.1 Å². The van der Waals surface area contributed by atoms with Crippen molar-refractivity contribution in [2.45, 2.75) is 13.8 Å². The minimum Gasteiger partial charge on any atom is -0.494 e. The average molecular weight is 302 g/mol. The topological polar surface area (TPSA) is 73.6 Å². The first kappa shape index (κ1) is 15.6. The van der Waals surface area contributed by atoms with Crippen molar-refractivity contribution >= 4 is 17.1 Å². The summed E-state index contributed by atoms with van der Waals surface area (Å²) in [5.74, 6) is 1.34. The third-order valence-electron chi connectivity index (χ3n) is 2.92. The Hall–Kier alpha value is -2.76.